The van der Waals surface area contributed by atoms with Crippen molar-refractivity contribution in [1.82, 2.24) is 10.2 Å². The van der Waals surface area contributed by atoms with Crippen molar-refractivity contribution in [1.29, 1.82) is 0 Å². The van der Waals surface area contributed by atoms with Crippen LogP contribution in [0.5, 0.6) is 0 Å². The Labute approximate surface area is 97.5 Å². The van der Waals surface area contributed by atoms with Crippen LogP contribution in [0.3, 0.4) is 0 Å². The lowest BCUT2D eigenvalue weighted by Crippen LogP contribution is -2.20. The normalized spacial score (nSPS) is 28.2. The molecule has 0 spiro atoms. The number of hydrogen-bond acceptors (Lipinski definition) is 4. The molecule has 2 atom stereocenters. The number of nitrogens with zero attached hydrogens (tertiary/aromatic N) is 2. The molecule has 0 aliphatic carbocycles. The van der Waals surface area contributed by atoms with Crippen LogP contribution < -0.4 is 0 Å². The Morgan fingerprint density at radius 1 is 1.53 bits per heavy atom. The lowest BCUT2D eigenvalue weighted by molar-refractivity contribution is -0.00614. The Bertz CT molecular complexity index is 334. The standard InChI is InChI=1S/C10H15BrN2O2/c1-3-7(11)8-12-13-9(15-8)10(2)5-4-6-14-10/h7H,3-6H2,1-2H3. The van der Waals surface area contributed by atoms with Crippen molar-refractivity contribution >= 4 is 15.9 Å². The van der Waals surface area contributed by atoms with E-state index in [1.807, 2.05) is 6.92 Å². The third-order valence-corrected chi connectivity index (χ3v) is 3.78. The molecule has 15 heavy (non-hydrogen) atoms. The minimum Gasteiger partial charge on any atom is -0.421 e. The van der Waals surface area contributed by atoms with Crippen LogP contribution in [0.15, 0.2) is 4.42 Å². The maximum atomic E-state index is 5.64. The highest BCUT2D eigenvalue weighted by atomic mass is 79.9. The second-order valence-electron chi connectivity index (χ2n) is 4.00. The van der Waals surface area contributed by atoms with Gasteiger partial charge in [0.2, 0.25) is 11.8 Å². The van der Waals surface area contributed by atoms with Crippen molar-refractivity contribution in [3.63, 3.8) is 0 Å². The first-order valence-corrected chi connectivity index (χ1v) is 6.19. The molecule has 2 heterocycles. The Kier molecular flexibility index (Phi) is 3.11. The molecule has 0 N–H and O–H groups in total. The summed E-state index contributed by atoms with van der Waals surface area (Å²) in [6.07, 6.45) is 2.94. The molecule has 0 aromatic carbocycles. The van der Waals surface area contributed by atoms with E-state index in [1.165, 1.54) is 0 Å². The molecular formula is C10H15BrN2O2. The number of aromatic nitrogens is 2. The predicted molar refractivity (Wildman–Crippen MR) is 58.8 cm³/mol. The highest BCUT2D eigenvalue weighted by Crippen LogP contribution is 2.36. The van der Waals surface area contributed by atoms with E-state index in [0.717, 1.165) is 25.9 Å². The highest BCUT2D eigenvalue weighted by Gasteiger charge is 2.37. The van der Waals surface area contributed by atoms with E-state index in [0.29, 0.717) is 11.8 Å². The van der Waals surface area contributed by atoms with Crippen LogP contribution in [0.25, 0.3) is 0 Å². The summed E-state index contributed by atoms with van der Waals surface area (Å²) in [6.45, 7) is 4.85. The topological polar surface area (TPSA) is 48.2 Å². The first-order chi connectivity index (χ1) is 7.15. The molecule has 4 nitrogen and oxygen atoms in total. The Hall–Kier alpha value is -0.420. The summed E-state index contributed by atoms with van der Waals surface area (Å²) < 4.78 is 11.3. The molecule has 84 valence electrons. The van der Waals surface area contributed by atoms with Crippen molar-refractivity contribution in [3.05, 3.63) is 11.8 Å². The summed E-state index contributed by atoms with van der Waals surface area (Å²) >= 11 is 3.49. The number of alkyl halides is 1. The summed E-state index contributed by atoms with van der Waals surface area (Å²) in [6, 6.07) is 0. The number of ether oxygens (including phenoxy) is 1. The summed E-state index contributed by atoms with van der Waals surface area (Å²) in [7, 11) is 0. The molecule has 0 saturated carbocycles. The molecule has 1 aliphatic rings. The van der Waals surface area contributed by atoms with Gasteiger partial charge in [0.1, 0.15) is 5.60 Å². The quantitative estimate of drug-likeness (QED) is 0.796. The Morgan fingerprint density at radius 3 is 2.93 bits per heavy atom. The summed E-state index contributed by atoms with van der Waals surface area (Å²) in [5.74, 6) is 1.25. The predicted octanol–water partition coefficient (Wildman–Crippen LogP) is 2.94. The molecule has 0 bridgehead atoms. The third kappa shape index (κ3) is 2.08. The zero-order chi connectivity index (χ0) is 10.9. The molecule has 5 heteroatoms. The van der Waals surface area contributed by atoms with Gasteiger partial charge in [-0.25, -0.2) is 0 Å². The van der Waals surface area contributed by atoms with Crippen LogP contribution in [0, 0.1) is 0 Å². The van der Waals surface area contributed by atoms with Gasteiger partial charge in [0, 0.05) is 6.61 Å². The van der Waals surface area contributed by atoms with Gasteiger partial charge in [0.25, 0.3) is 0 Å². The van der Waals surface area contributed by atoms with Crippen LogP contribution in [0.4, 0.5) is 0 Å². The lowest BCUT2D eigenvalue weighted by atomic mass is 10.0. The largest absolute Gasteiger partial charge is 0.421 e. The maximum Gasteiger partial charge on any atom is 0.248 e. The van der Waals surface area contributed by atoms with Gasteiger partial charge in [-0.1, -0.05) is 22.9 Å². The first kappa shape index (κ1) is 11.1. The fraction of sp³-hybridized carbons (Fsp3) is 0.800. The Balaban J connectivity index is 2.19. The van der Waals surface area contributed by atoms with Crippen LogP contribution >= 0.6 is 15.9 Å². The molecule has 0 radical (unpaired) electrons. The monoisotopic (exact) mass is 274 g/mol. The van der Waals surface area contributed by atoms with E-state index in [4.69, 9.17) is 9.15 Å². The number of rotatable bonds is 3. The third-order valence-electron chi connectivity index (χ3n) is 2.74. The zero-order valence-electron chi connectivity index (χ0n) is 8.99. The molecule has 1 aliphatic heterocycles. The van der Waals surface area contributed by atoms with E-state index >= 15 is 0 Å². The van der Waals surface area contributed by atoms with Crippen molar-refractivity contribution in [3.8, 4) is 0 Å². The van der Waals surface area contributed by atoms with E-state index < -0.39 is 0 Å². The molecule has 2 unspecified atom stereocenters. The van der Waals surface area contributed by atoms with Gasteiger partial charge < -0.3 is 9.15 Å². The SMILES string of the molecule is CCC(Br)c1nnc(C2(C)CCCO2)o1. The number of halogens is 1. The first-order valence-electron chi connectivity index (χ1n) is 5.27. The summed E-state index contributed by atoms with van der Waals surface area (Å²) in [5, 5.41) is 8.10. The second-order valence-corrected chi connectivity index (χ2v) is 5.11. The van der Waals surface area contributed by atoms with Crippen molar-refractivity contribution in [2.45, 2.75) is 43.5 Å². The van der Waals surface area contributed by atoms with Gasteiger partial charge in [0.15, 0.2) is 0 Å². The summed E-state index contributed by atoms with van der Waals surface area (Å²) in [4.78, 5) is 0.142. The Morgan fingerprint density at radius 2 is 2.33 bits per heavy atom. The maximum absolute atomic E-state index is 5.64. The van der Waals surface area contributed by atoms with Gasteiger partial charge in [-0.2, -0.15) is 0 Å². The molecule has 1 aromatic rings. The van der Waals surface area contributed by atoms with Crippen LogP contribution in [-0.2, 0) is 10.3 Å². The van der Waals surface area contributed by atoms with E-state index in [-0.39, 0.29) is 10.4 Å². The average molecular weight is 275 g/mol. The van der Waals surface area contributed by atoms with Gasteiger partial charge in [-0.05, 0) is 26.2 Å². The van der Waals surface area contributed by atoms with Crippen LogP contribution in [-0.4, -0.2) is 16.8 Å². The molecule has 1 aromatic heterocycles. The van der Waals surface area contributed by atoms with Crippen LogP contribution in [0.2, 0.25) is 0 Å². The summed E-state index contributed by atoms with van der Waals surface area (Å²) in [5.41, 5.74) is -0.369. The zero-order valence-corrected chi connectivity index (χ0v) is 10.6. The van der Waals surface area contributed by atoms with Crippen molar-refractivity contribution in [2.75, 3.05) is 6.61 Å². The van der Waals surface area contributed by atoms with Gasteiger partial charge in [0.05, 0.1) is 4.83 Å². The minimum absolute atomic E-state index is 0.142. The second kappa shape index (κ2) is 4.22. The van der Waals surface area contributed by atoms with Crippen molar-refractivity contribution in [2.24, 2.45) is 0 Å². The lowest BCUT2D eigenvalue weighted by Gasteiger charge is -2.17. The molecule has 0 amide bonds. The van der Waals surface area contributed by atoms with Gasteiger partial charge in [-0.15, -0.1) is 10.2 Å². The van der Waals surface area contributed by atoms with Gasteiger partial charge >= 0.3 is 0 Å². The minimum atomic E-state index is -0.369. The van der Waals surface area contributed by atoms with Crippen LogP contribution in [0.1, 0.15) is 49.7 Å². The van der Waals surface area contributed by atoms with E-state index in [2.05, 4.69) is 33.1 Å². The van der Waals surface area contributed by atoms with Crippen molar-refractivity contribution < 1.29 is 9.15 Å². The fourth-order valence-corrected chi connectivity index (χ4v) is 1.88. The molecule has 2 rings (SSSR count). The highest BCUT2D eigenvalue weighted by molar-refractivity contribution is 9.09. The number of hydrogen-bond donors (Lipinski definition) is 0. The van der Waals surface area contributed by atoms with E-state index in [1.54, 1.807) is 0 Å². The fourth-order valence-electron chi connectivity index (χ4n) is 1.70. The van der Waals surface area contributed by atoms with Gasteiger partial charge in [-0.3, -0.25) is 0 Å². The van der Waals surface area contributed by atoms with E-state index in [9.17, 15) is 0 Å². The smallest absolute Gasteiger partial charge is 0.248 e. The average Bonchev–Trinajstić information content (AvgIpc) is 2.85. The molecular weight excluding hydrogens is 260 g/mol. The molecule has 1 saturated heterocycles. The molecule has 1 fully saturated rings.